The highest BCUT2D eigenvalue weighted by molar-refractivity contribution is 7.16. The van der Waals surface area contributed by atoms with Crippen molar-refractivity contribution >= 4 is 80.0 Å². The van der Waals surface area contributed by atoms with Crippen LogP contribution in [-0.4, -0.2) is 131 Å². The minimum atomic E-state index is -0.559. The van der Waals surface area contributed by atoms with E-state index < -0.39 is 6.61 Å². The molecule has 18 heteroatoms. The van der Waals surface area contributed by atoms with Crippen molar-refractivity contribution in [1.29, 1.82) is 0 Å². The predicted molar refractivity (Wildman–Crippen MR) is 216 cm³/mol. The molecule has 0 saturated carbocycles. The van der Waals surface area contributed by atoms with Crippen molar-refractivity contribution in [3.05, 3.63) is 68.8 Å². The number of amides is 5. The molecule has 3 aromatic heterocycles. The number of nitrogens with one attached hydrogen (secondary N) is 3. The van der Waals surface area contributed by atoms with E-state index in [-0.39, 0.29) is 48.9 Å². The first-order chi connectivity index (χ1) is 26.9. The summed E-state index contributed by atoms with van der Waals surface area (Å²) in [7, 11) is 3.83. The largest absolute Gasteiger partial charge is 0.387 e. The number of aliphatic hydroxyl groups is 1. The number of piperazine rings is 1. The zero-order valence-corrected chi connectivity index (χ0v) is 33.6. The molecule has 1 fully saturated rings. The number of aliphatic hydroxyl groups excluding tert-OH is 1. The molecule has 298 valence electrons. The summed E-state index contributed by atoms with van der Waals surface area (Å²) in [5.41, 5.74) is 3.93. The lowest BCUT2D eigenvalue weighted by Gasteiger charge is -2.33. The van der Waals surface area contributed by atoms with E-state index in [0.29, 0.717) is 86.5 Å². The van der Waals surface area contributed by atoms with Gasteiger partial charge in [-0.05, 0) is 44.8 Å². The number of nitrogens with zero attached hydrogens (tertiary/aromatic N) is 6. The van der Waals surface area contributed by atoms with Crippen molar-refractivity contribution in [3.8, 4) is 11.3 Å². The molecular weight excluding hydrogens is 781 g/mol. The monoisotopic (exact) mass is 825 g/mol. The van der Waals surface area contributed by atoms with Crippen LogP contribution in [0.25, 0.3) is 22.2 Å². The van der Waals surface area contributed by atoms with Crippen LogP contribution in [0.1, 0.15) is 29.0 Å². The molecule has 0 atom stereocenters. The lowest BCUT2D eigenvalue weighted by Crippen LogP contribution is -2.51. The van der Waals surface area contributed by atoms with Gasteiger partial charge in [-0.3, -0.25) is 28.7 Å². The molecule has 56 heavy (non-hydrogen) atoms. The Bertz CT molecular complexity index is 2140. The van der Waals surface area contributed by atoms with Gasteiger partial charge in [0.25, 0.3) is 0 Å². The highest BCUT2D eigenvalue weighted by Gasteiger charge is 2.29. The molecule has 1 saturated heterocycles. The first kappa shape index (κ1) is 40.9. The summed E-state index contributed by atoms with van der Waals surface area (Å²) in [6.07, 6.45) is 6.35. The van der Waals surface area contributed by atoms with Crippen LogP contribution in [0.4, 0.5) is 5.00 Å². The molecule has 0 aliphatic carbocycles. The highest BCUT2D eigenvalue weighted by atomic mass is 35.5. The fourth-order valence-corrected chi connectivity index (χ4v) is 8.18. The van der Waals surface area contributed by atoms with E-state index in [1.165, 1.54) is 17.4 Å². The maximum atomic E-state index is 12.8. The van der Waals surface area contributed by atoms with Gasteiger partial charge >= 0.3 is 0 Å². The Morgan fingerprint density at radius 3 is 2.52 bits per heavy atom. The Morgan fingerprint density at radius 1 is 1.02 bits per heavy atom. The summed E-state index contributed by atoms with van der Waals surface area (Å²) in [6, 6.07) is 7.43. The van der Waals surface area contributed by atoms with Gasteiger partial charge < -0.3 is 40.3 Å². The van der Waals surface area contributed by atoms with Crippen molar-refractivity contribution in [2.24, 2.45) is 0 Å². The summed E-state index contributed by atoms with van der Waals surface area (Å²) >= 11 is 14.6. The second-order valence-electron chi connectivity index (χ2n) is 13.9. The third-order valence-corrected chi connectivity index (χ3v) is 11.6. The number of thiophene rings is 1. The van der Waals surface area contributed by atoms with Crippen LogP contribution in [0.2, 0.25) is 10.0 Å². The topological polar surface area (TPSA) is 176 Å². The number of benzene rings is 1. The van der Waals surface area contributed by atoms with Crippen LogP contribution in [-0.2, 0) is 49.9 Å². The number of rotatable bonds is 15. The molecule has 2 aliphatic rings. The molecule has 0 unspecified atom stereocenters. The smallest absolute Gasteiger partial charge is 0.248 e. The van der Waals surface area contributed by atoms with Crippen molar-refractivity contribution in [1.82, 2.24) is 40.1 Å². The van der Waals surface area contributed by atoms with E-state index in [0.717, 1.165) is 32.1 Å². The van der Waals surface area contributed by atoms with Gasteiger partial charge in [-0.25, -0.2) is 0 Å². The van der Waals surface area contributed by atoms with E-state index >= 15 is 0 Å². The Balaban J connectivity index is 0.919. The summed E-state index contributed by atoms with van der Waals surface area (Å²) in [5.74, 6) is -1.12. The number of anilines is 1. The molecular formula is C38H45Cl2N9O6S. The lowest BCUT2D eigenvalue weighted by molar-refractivity contribution is -0.135. The average Bonchev–Trinajstić information content (AvgIpc) is 3.94. The third kappa shape index (κ3) is 9.79. The number of likely N-dealkylation sites (N-methyl/N-ethyl adjacent to an activating group) is 1. The van der Waals surface area contributed by atoms with Crippen molar-refractivity contribution < 1.29 is 29.1 Å². The van der Waals surface area contributed by atoms with Crippen molar-refractivity contribution in [3.63, 3.8) is 0 Å². The number of H-pyrrole nitrogens is 1. The molecule has 5 amide bonds. The Hall–Kier alpha value is -4.74. The minimum absolute atomic E-state index is 0.0313. The van der Waals surface area contributed by atoms with Crippen LogP contribution in [0.15, 0.2) is 42.6 Å². The van der Waals surface area contributed by atoms with Crippen molar-refractivity contribution in [2.45, 2.75) is 38.8 Å². The fourth-order valence-electron chi connectivity index (χ4n) is 6.73. The number of carbonyl (C=O) groups excluding carboxylic acids is 5. The molecule has 5 heterocycles. The van der Waals surface area contributed by atoms with Crippen LogP contribution in [0.3, 0.4) is 0 Å². The summed E-state index contributed by atoms with van der Waals surface area (Å²) in [4.78, 5) is 73.8. The number of carbonyl (C=O) groups is 5. The minimum Gasteiger partial charge on any atom is -0.387 e. The number of aromatic nitrogens is 3. The molecule has 6 rings (SSSR count). The van der Waals surface area contributed by atoms with Crippen molar-refractivity contribution in [2.75, 3.05) is 71.4 Å². The zero-order chi connectivity index (χ0) is 39.9. The number of hydrogen-bond acceptors (Lipinski definition) is 9. The SMILES string of the molecule is CN(C)C/C=C/C(=O)N1CCN(c2ccc(CCNC(=O)CCC(=O)NCCn3ccc(-c4cc(Cl)c(Cl)c5[nH]c6c(c45)CN(C(=O)CO)CC6)n3)s2)C(=O)C1. The van der Waals surface area contributed by atoms with E-state index in [2.05, 4.69) is 15.6 Å². The second-order valence-corrected chi connectivity index (χ2v) is 15.8. The van der Waals surface area contributed by atoms with Gasteiger partial charge in [0.2, 0.25) is 29.5 Å². The van der Waals surface area contributed by atoms with Gasteiger partial charge in [0, 0.05) is 104 Å². The van der Waals surface area contributed by atoms with E-state index in [4.69, 9.17) is 28.3 Å². The van der Waals surface area contributed by atoms with Gasteiger partial charge in [0.15, 0.2) is 0 Å². The quantitative estimate of drug-likeness (QED) is 0.132. The zero-order valence-electron chi connectivity index (χ0n) is 31.3. The van der Waals surface area contributed by atoms with Gasteiger partial charge in [-0.1, -0.05) is 29.3 Å². The predicted octanol–water partition coefficient (Wildman–Crippen LogP) is 2.83. The normalized spacial score (nSPS) is 14.6. The Labute approximate surface area is 338 Å². The van der Waals surface area contributed by atoms with E-state index in [9.17, 15) is 29.1 Å². The average molecular weight is 827 g/mol. The first-order valence-corrected chi connectivity index (χ1v) is 20.0. The van der Waals surface area contributed by atoms with Crippen LogP contribution >= 0.6 is 34.5 Å². The van der Waals surface area contributed by atoms with Gasteiger partial charge in [-0.15, -0.1) is 11.3 Å². The van der Waals surface area contributed by atoms with Gasteiger partial charge in [0.05, 0.1) is 32.8 Å². The lowest BCUT2D eigenvalue weighted by atomic mass is 9.99. The third-order valence-electron chi connectivity index (χ3n) is 9.66. The fraction of sp³-hybridized carbons (Fsp3) is 0.421. The Kier molecular flexibility index (Phi) is 13.5. The van der Waals surface area contributed by atoms with E-state index in [1.807, 2.05) is 37.2 Å². The molecule has 0 bridgehead atoms. The van der Waals surface area contributed by atoms with E-state index in [1.54, 1.807) is 37.7 Å². The summed E-state index contributed by atoms with van der Waals surface area (Å²) < 4.78 is 1.70. The van der Waals surface area contributed by atoms with Gasteiger partial charge in [0.1, 0.15) is 13.2 Å². The molecule has 15 nitrogen and oxygen atoms in total. The number of fused-ring (bicyclic) bond motifs is 3. The Morgan fingerprint density at radius 2 is 1.79 bits per heavy atom. The first-order valence-electron chi connectivity index (χ1n) is 18.4. The summed E-state index contributed by atoms with van der Waals surface area (Å²) in [6.45, 7) is 2.89. The molecule has 4 N–H and O–H groups in total. The number of aromatic amines is 1. The maximum absolute atomic E-state index is 12.8. The number of halogens is 2. The maximum Gasteiger partial charge on any atom is 0.248 e. The van der Waals surface area contributed by atoms with Crippen LogP contribution in [0, 0.1) is 0 Å². The molecule has 0 radical (unpaired) electrons. The molecule has 2 aliphatic heterocycles. The standard InChI is InChI=1S/C38H45Cl2N9O6S/c1-45(2)14-3-4-32(53)47-18-19-49(33(54)22-47)35-8-5-24(56-35)9-12-41-30(51)6-7-31(52)42-13-17-48-16-11-29(44-48)25-20-27(39)37(40)38-36(25)26-21-46(34(55)23-50)15-10-28(26)43-38/h3-5,8,11,16,20,43,50H,6-7,9-10,12-15,17-19,21-23H2,1-2H3,(H,41,51)(H,42,52)/b4-3+. The summed E-state index contributed by atoms with van der Waals surface area (Å²) in [5, 5.41) is 22.2. The molecule has 0 spiro atoms. The second kappa shape index (κ2) is 18.5. The highest BCUT2D eigenvalue weighted by Crippen LogP contribution is 2.42. The molecule has 4 aromatic rings. The van der Waals surface area contributed by atoms with Crippen LogP contribution in [0.5, 0.6) is 0 Å². The molecule has 1 aromatic carbocycles. The number of hydrogen-bond donors (Lipinski definition) is 4. The van der Waals surface area contributed by atoms with Gasteiger partial charge in [-0.2, -0.15) is 5.10 Å². The van der Waals surface area contributed by atoms with Crippen LogP contribution < -0.4 is 15.5 Å².